The molecule has 0 aromatic carbocycles. The Morgan fingerprint density at radius 2 is 2.22 bits per heavy atom. The molecule has 1 rings (SSSR count). The van der Waals surface area contributed by atoms with Crippen molar-refractivity contribution in [1.82, 2.24) is 4.98 Å². The summed E-state index contributed by atoms with van der Waals surface area (Å²) < 4.78 is 35.4. The molecule has 1 aromatic rings. The van der Waals surface area contributed by atoms with E-state index in [1.165, 1.54) is 13.2 Å². The van der Waals surface area contributed by atoms with Gasteiger partial charge in [0.1, 0.15) is 5.75 Å². The lowest BCUT2D eigenvalue weighted by Crippen LogP contribution is -2.15. The highest BCUT2D eigenvalue weighted by Crippen LogP contribution is 2.32. The number of carbonyl (C=O) groups excluding carboxylic acids is 1. The van der Waals surface area contributed by atoms with Crippen LogP contribution >= 0.6 is 0 Å². The molecule has 0 spiro atoms. The van der Waals surface area contributed by atoms with Gasteiger partial charge in [-0.05, 0) is 6.92 Å². The summed E-state index contributed by atoms with van der Waals surface area (Å²) in [6, 6.07) is 1.28. The van der Waals surface area contributed by atoms with Crippen LogP contribution in [0.3, 0.4) is 0 Å². The van der Waals surface area contributed by atoms with Gasteiger partial charge in [0.15, 0.2) is 5.69 Å². The van der Waals surface area contributed by atoms with Crippen LogP contribution in [0.1, 0.15) is 35.1 Å². The first kappa shape index (κ1) is 14.3. The highest BCUT2D eigenvalue weighted by Gasteiger charge is 2.26. The molecule has 0 amide bonds. The number of esters is 1. The lowest BCUT2D eigenvalue weighted by atomic mass is 10.1. The molecule has 0 saturated carbocycles. The molecule has 7 heteroatoms. The second kappa shape index (κ2) is 6.25. The first-order valence-electron chi connectivity index (χ1n) is 5.28. The van der Waals surface area contributed by atoms with E-state index in [0.29, 0.717) is 0 Å². The number of hydrogen-bond donors (Lipinski definition) is 1. The number of nitrogens with two attached hydrogens (primary N) is 1. The maximum atomic E-state index is 13.0. The summed E-state index contributed by atoms with van der Waals surface area (Å²) in [5.41, 5.74) is 4.63. The maximum Gasteiger partial charge on any atom is 0.357 e. The van der Waals surface area contributed by atoms with Gasteiger partial charge in [-0.2, -0.15) is 0 Å². The summed E-state index contributed by atoms with van der Waals surface area (Å²) in [4.78, 5) is 15.4. The Morgan fingerprint density at radius 1 is 1.56 bits per heavy atom. The van der Waals surface area contributed by atoms with Gasteiger partial charge in [-0.25, -0.2) is 18.6 Å². The summed E-state index contributed by atoms with van der Waals surface area (Å²) in [7, 11) is 1.23. The molecule has 0 aliphatic carbocycles. The van der Waals surface area contributed by atoms with Crippen LogP contribution in [-0.4, -0.2) is 24.7 Å². The van der Waals surface area contributed by atoms with Gasteiger partial charge in [-0.1, -0.05) is 0 Å². The van der Waals surface area contributed by atoms with Crippen LogP contribution in [0.5, 0.6) is 5.75 Å². The molecule has 0 radical (unpaired) electrons. The highest BCUT2D eigenvalue weighted by molar-refractivity contribution is 5.90. The molecule has 1 aromatic heterocycles. The highest BCUT2D eigenvalue weighted by atomic mass is 19.3. The van der Waals surface area contributed by atoms with Crippen LogP contribution in [-0.2, 0) is 11.3 Å². The third kappa shape index (κ3) is 2.92. The second-order valence-corrected chi connectivity index (χ2v) is 3.30. The molecule has 100 valence electrons. The Morgan fingerprint density at radius 3 is 2.67 bits per heavy atom. The number of halogens is 2. The molecule has 0 fully saturated rings. The molecule has 18 heavy (non-hydrogen) atoms. The van der Waals surface area contributed by atoms with Crippen LogP contribution in [0.25, 0.3) is 0 Å². The third-order valence-corrected chi connectivity index (χ3v) is 2.19. The van der Waals surface area contributed by atoms with Crippen LogP contribution in [0, 0.1) is 0 Å². The summed E-state index contributed by atoms with van der Waals surface area (Å²) in [5.74, 6) is -1.04. The van der Waals surface area contributed by atoms with E-state index in [-0.39, 0.29) is 24.6 Å². The van der Waals surface area contributed by atoms with E-state index in [9.17, 15) is 13.6 Å². The molecular weight excluding hydrogens is 246 g/mol. The monoisotopic (exact) mass is 260 g/mol. The molecule has 0 saturated heterocycles. The zero-order chi connectivity index (χ0) is 13.7. The average Bonchev–Trinajstić information content (AvgIpc) is 2.36. The smallest absolute Gasteiger partial charge is 0.357 e. The number of aromatic nitrogens is 1. The van der Waals surface area contributed by atoms with Gasteiger partial charge in [0.2, 0.25) is 0 Å². The van der Waals surface area contributed by atoms with E-state index in [1.54, 1.807) is 6.92 Å². The fraction of sp³-hybridized carbons (Fsp3) is 0.455. The Labute approximate surface area is 103 Å². The van der Waals surface area contributed by atoms with Crippen molar-refractivity contribution < 1.29 is 23.0 Å². The topological polar surface area (TPSA) is 74.4 Å². The van der Waals surface area contributed by atoms with Crippen molar-refractivity contribution in [3.05, 3.63) is 23.0 Å². The number of ether oxygens (including phenoxy) is 2. The normalized spacial score (nSPS) is 10.6. The molecule has 0 unspecified atom stereocenters. The van der Waals surface area contributed by atoms with Gasteiger partial charge in [-0.15, -0.1) is 0 Å². The van der Waals surface area contributed by atoms with Gasteiger partial charge >= 0.3 is 5.97 Å². The van der Waals surface area contributed by atoms with E-state index in [2.05, 4.69) is 9.72 Å². The van der Waals surface area contributed by atoms with Crippen LogP contribution in [0.15, 0.2) is 6.07 Å². The van der Waals surface area contributed by atoms with E-state index < -0.39 is 23.7 Å². The molecule has 1 heterocycles. The van der Waals surface area contributed by atoms with Gasteiger partial charge in [0.05, 0.1) is 25.0 Å². The Bertz CT molecular complexity index is 439. The molecule has 2 N–H and O–H groups in total. The lowest BCUT2D eigenvalue weighted by Gasteiger charge is -2.13. The van der Waals surface area contributed by atoms with E-state index in [4.69, 9.17) is 10.5 Å². The molecular formula is C11H14F2N2O3. The Kier molecular flexibility index (Phi) is 4.96. The minimum Gasteiger partial charge on any atom is -0.496 e. The molecule has 0 bridgehead atoms. The van der Waals surface area contributed by atoms with E-state index >= 15 is 0 Å². The van der Waals surface area contributed by atoms with E-state index in [0.717, 1.165) is 0 Å². The number of hydrogen-bond acceptors (Lipinski definition) is 5. The van der Waals surface area contributed by atoms with Crippen LogP contribution in [0.4, 0.5) is 8.78 Å². The van der Waals surface area contributed by atoms with Crippen molar-refractivity contribution in [2.45, 2.75) is 19.9 Å². The first-order valence-corrected chi connectivity index (χ1v) is 5.28. The molecule has 0 aliphatic rings. The maximum absolute atomic E-state index is 13.0. The lowest BCUT2D eigenvalue weighted by molar-refractivity contribution is 0.0505. The number of methoxy groups -OCH3 is 1. The van der Waals surface area contributed by atoms with Gasteiger partial charge in [0, 0.05) is 12.6 Å². The first-order chi connectivity index (χ1) is 8.54. The largest absolute Gasteiger partial charge is 0.496 e. The van der Waals surface area contributed by atoms with Crippen molar-refractivity contribution in [1.29, 1.82) is 0 Å². The Hall–Kier alpha value is -1.76. The third-order valence-electron chi connectivity index (χ3n) is 2.19. The number of pyridine rings is 1. The minimum absolute atomic E-state index is 0.00623. The fourth-order valence-electron chi connectivity index (χ4n) is 1.42. The van der Waals surface area contributed by atoms with Crippen molar-refractivity contribution >= 4 is 5.97 Å². The van der Waals surface area contributed by atoms with Crippen LogP contribution < -0.4 is 10.5 Å². The summed E-state index contributed by atoms with van der Waals surface area (Å²) in [5, 5.41) is 0. The SMILES string of the molecule is CCOC(=O)c1nc(CN)cc(OC)c1C(F)F. The summed E-state index contributed by atoms with van der Waals surface area (Å²) >= 11 is 0. The zero-order valence-corrected chi connectivity index (χ0v) is 10.1. The Balaban J connectivity index is 3.39. The molecule has 5 nitrogen and oxygen atoms in total. The molecule has 0 atom stereocenters. The van der Waals surface area contributed by atoms with Crippen molar-refractivity contribution in [2.75, 3.05) is 13.7 Å². The van der Waals surface area contributed by atoms with Gasteiger partial charge in [-0.3, -0.25) is 0 Å². The summed E-state index contributed by atoms with van der Waals surface area (Å²) in [6.07, 6.45) is -2.89. The zero-order valence-electron chi connectivity index (χ0n) is 10.1. The van der Waals surface area contributed by atoms with Crippen LogP contribution in [0.2, 0.25) is 0 Å². The van der Waals surface area contributed by atoms with E-state index in [1.807, 2.05) is 0 Å². The number of nitrogens with zero attached hydrogens (tertiary/aromatic N) is 1. The number of carbonyl (C=O) groups is 1. The fourth-order valence-corrected chi connectivity index (χ4v) is 1.42. The predicted octanol–water partition coefficient (Wildman–Crippen LogP) is 1.66. The van der Waals surface area contributed by atoms with Crippen molar-refractivity contribution in [3.8, 4) is 5.75 Å². The average molecular weight is 260 g/mol. The quantitative estimate of drug-likeness (QED) is 0.815. The molecule has 0 aliphatic heterocycles. The predicted molar refractivity (Wildman–Crippen MR) is 59.6 cm³/mol. The van der Waals surface area contributed by atoms with Crippen molar-refractivity contribution in [3.63, 3.8) is 0 Å². The minimum atomic E-state index is -2.89. The number of rotatable bonds is 5. The summed E-state index contributed by atoms with van der Waals surface area (Å²) in [6.45, 7) is 1.65. The standard InChI is InChI=1S/C11H14F2N2O3/c1-3-18-11(16)9-8(10(12)13)7(17-2)4-6(5-14)15-9/h4,10H,3,5,14H2,1-2H3. The second-order valence-electron chi connectivity index (χ2n) is 3.30. The van der Waals surface area contributed by atoms with Gasteiger partial charge < -0.3 is 15.2 Å². The number of alkyl halides is 2. The van der Waals surface area contributed by atoms with Gasteiger partial charge in [0.25, 0.3) is 6.43 Å². The van der Waals surface area contributed by atoms with Crippen molar-refractivity contribution in [2.24, 2.45) is 5.73 Å².